The fourth-order valence-electron chi connectivity index (χ4n) is 5.87. The zero-order chi connectivity index (χ0) is 38.2. The van der Waals surface area contributed by atoms with Gasteiger partial charge >= 0.3 is 0 Å². The van der Waals surface area contributed by atoms with Gasteiger partial charge < -0.3 is 60.1 Å². The van der Waals surface area contributed by atoms with E-state index in [2.05, 4.69) is 26.6 Å². The second-order valence-corrected chi connectivity index (χ2v) is 12.9. The van der Waals surface area contributed by atoms with E-state index in [-0.39, 0.29) is 70.5 Å². The number of rotatable bonds is 17. The predicted octanol–water partition coefficient (Wildman–Crippen LogP) is -2.97. The maximum absolute atomic E-state index is 14.1. The second-order valence-electron chi connectivity index (χ2n) is 12.9. The maximum Gasteiger partial charge on any atom is 0.243 e. The SMILES string of the molecule is NCCC[C@@H]1NC(=O)[C@@H](N)Cc2cc(ccc2O)-c2cccc(c2)C[C@@H](C(=O)N[C@H](CCCN)C(O)N[C@H](CCC(N)=O)C(=O)NCCN)NC1=O. The smallest absolute Gasteiger partial charge is 0.243 e. The van der Waals surface area contributed by atoms with Crippen LogP contribution in [0.5, 0.6) is 5.75 Å². The summed E-state index contributed by atoms with van der Waals surface area (Å²) in [6, 6.07) is 6.85. The number of carbonyl (C=O) groups is 5. The highest BCUT2D eigenvalue weighted by Crippen LogP contribution is 2.28. The number of aromatic hydroxyl groups is 1. The molecule has 2 aromatic rings. The summed E-state index contributed by atoms with van der Waals surface area (Å²) < 4.78 is 0. The molecule has 3 rings (SSSR count). The van der Waals surface area contributed by atoms with Gasteiger partial charge in [-0.3, -0.25) is 29.3 Å². The van der Waals surface area contributed by atoms with Crippen molar-refractivity contribution in [1.29, 1.82) is 0 Å². The van der Waals surface area contributed by atoms with Gasteiger partial charge in [0.25, 0.3) is 0 Å². The fourth-order valence-corrected chi connectivity index (χ4v) is 5.87. The van der Waals surface area contributed by atoms with Gasteiger partial charge in [0.15, 0.2) is 0 Å². The van der Waals surface area contributed by atoms with Gasteiger partial charge in [0.05, 0.1) is 18.1 Å². The molecule has 17 N–H and O–H groups in total. The van der Waals surface area contributed by atoms with Crippen LogP contribution in [0, 0.1) is 0 Å². The number of hydrogen-bond acceptors (Lipinski definition) is 12. The molecule has 17 heteroatoms. The highest BCUT2D eigenvalue weighted by Gasteiger charge is 2.32. The minimum atomic E-state index is -1.49. The van der Waals surface area contributed by atoms with Crippen molar-refractivity contribution < 1.29 is 34.2 Å². The Hall–Kier alpha value is -4.65. The molecule has 17 nitrogen and oxygen atoms in total. The Labute approximate surface area is 303 Å². The Morgan fingerprint density at radius 3 is 2.33 bits per heavy atom. The molecule has 0 fully saturated rings. The van der Waals surface area contributed by atoms with E-state index in [1.165, 1.54) is 6.07 Å². The fraction of sp³-hybridized carbons (Fsp3) is 0.514. The monoisotopic (exact) mass is 726 g/mol. The average Bonchev–Trinajstić information content (AvgIpc) is 3.12. The van der Waals surface area contributed by atoms with Crippen molar-refractivity contribution in [2.75, 3.05) is 26.2 Å². The van der Waals surface area contributed by atoms with Crippen molar-refractivity contribution in [3.8, 4) is 16.9 Å². The van der Waals surface area contributed by atoms with Crippen LogP contribution >= 0.6 is 0 Å². The standard InChI is InChI=1S/C35H54N10O7/c36-12-2-6-25-34(51)45-28(17-20-4-1-5-21(16-20)22-8-10-29(46)23(18-22)19-24(39)31(48)42-25)35(52)43-26(7-3-13-37)33(50)44-27(9-11-30(40)47)32(49)41-15-14-38/h1,4-5,8,10,16,18,24-28,33,44,46,50H,2-3,6-7,9,11-15,17,19,36-39H2,(H2,40,47)(H,41,49)(H,42,48)(H,43,52)(H,45,51)/t24-,25-,26+,27+,28-,33?/m0/s1. The molecule has 0 aromatic heterocycles. The van der Waals surface area contributed by atoms with Crippen LogP contribution in [0.25, 0.3) is 11.1 Å². The average molecular weight is 727 g/mol. The van der Waals surface area contributed by atoms with Crippen LogP contribution in [0.15, 0.2) is 42.5 Å². The molecule has 6 atom stereocenters. The van der Waals surface area contributed by atoms with E-state index in [9.17, 15) is 34.2 Å². The van der Waals surface area contributed by atoms with Crippen LogP contribution in [0.2, 0.25) is 0 Å². The number of amides is 5. The third kappa shape index (κ3) is 12.8. The van der Waals surface area contributed by atoms with Crippen molar-refractivity contribution in [1.82, 2.24) is 26.6 Å². The molecule has 4 bridgehead atoms. The van der Waals surface area contributed by atoms with E-state index in [4.69, 9.17) is 28.7 Å². The third-order valence-electron chi connectivity index (χ3n) is 8.76. The number of phenolic OH excluding ortho intramolecular Hbond substituents is 1. The molecule has 1 aliphatic heterocycles. The lowest BCUT2D eigenvalue weighted by Gasteiger charge is -2.30. The molecule has 2 aromatic carbocycles. The van der Waals surface area contributed by atoms with E-state index in [1.807, 2.05) is 12.1 Å². The number of aliphatic hydroxyl groups is 1. The Balaban J connectivity index is 1.98. The van der Waals surface area contributed by atoms with E-state index < -0.39 is 66.0 Å². The van der Waals surface area contributed by atoms with Crippen LogP contribution in [-0.2, 0) is 36.8 Å². The molecule has 1 unspecified atom stereocenters. The molecule has 0 saturated heterocycles. The molecule has 1 heterocycles. The van der Waals surface area contributed by atoms with Crippen molar-refractivity contribution in [2.24, 2.45) is 28.7 Å². The number of benzene rings is 2. The van der Waals surface area contributed by atoms with Crippen LogP contribution < -0.4 is 55.3 Å². The Bertz CT molecular complexity index is 1530. The van der Waals surface area contributed by atoms with Gasteiger partial charge in [-0.2, -0.15) is 0 Å². The van der Waals surface area contributed by atoms with Gasteiger partial charge in [-0.1, -0.05) is 30.3 Å². The number of carbonyl (C=O) groups excluding carboxylic acids is 5. The lowest BCUT2D eigenvalue weighted by molar-refractivity contribution is -0.133. The topological polar surface area (TPSA) is 316 Å². The van der Waals surface area contributed by atoms with Crippen molar-refractivity contribution in [3.63, 3.8) is 0 Å². The minimum absolute atomic E-state index is 0.0000719. The molecule has 0 spiro atoms. The lowest BCUT2D eigenvalue weighted by Crippen LogP contribution is -2.60. The summed E-state index contributed by atoms with van der Waals surface area (Å²) in [4.78, 5) is 65.5. The summed E-state index contributed by atoms with van der Waals surface area (Å²) in [5, 5.41) is 35.5. The van der Waals surface area contributed by atoms with Gasteiger partial charge in [-0.15, -0.1) is 0 Å². The number of nitrogens with one attached hydrogen (secondary N) is 5. The predicted molar refractivity (Wildman–Crippen MR) is 195 cm³/mol. The molecule has 5 amide bonds. The number of fused-ring (bicyclic) bond motifs is 5. The summed E-state index contributed by atoms with van der Waals surface area (Å²) >= 11 is 0. The Kier molecular flexibility index (Phi) is 16.9. The van der Waals surface area contributed by atoms with Crippen LogP contribution in [0.1, 0.15) is 49.7 Å². The van der Waals surface area contributed by atoms with Gasteiger partial charge in [-0.25, -0.2) is 0 Å². The zero-order valence-corrected chi connectivity index (χ0v) is 29.3. The second kappa shape index (κ2) is 21.0. The number of phenols is 1. The van der Waals surface area contributed by atoms with Crippen molar-refractivity contribution in [3.05, 3.63) is 53.6 Å². The van der Waals surface area contributed by atoms with E-state index in [0.29, 0.717) is 24.0 Å². The summed E-state index contributed by atoms with van der Waals surface area (Å²) in [6.07, 6.45) is -0.533. The molecule has 52 heavy (non-hydrogen) atoms. The van der Waals surface area contributed by atoms with E-state index in [0.717, 1.165) is 11.1 Å². The van der Waals surface area contributed by atoms with Crippen LogP contribution in [0.3, 0.4) is 0 Å². The normalized spacial score (nSPS) is 19.5. The van der Waals surface area contributed by atoms with Crippen LogP contribution in [-0.4, -0.2) is 102 Å². The highest BCUT2D eigenvalue weighted by molar-refractivity contribution is 5.93. The largest absolute Gasteiger partial charge is 0.508 e. The first-order valence-electron chi connectivity index (χ1n) is 17.5. The zero-order valence-electron chi connectivity index (χ0n) is 29.3. The van der Waals surface area contributed by atoms with Crippen molar-refractivity contribution in [2.45, 2.75) is 87.8 Å². The molecule has 286 valence electrons. The third-order valence-corrected chi connectivity index (χ3v) is 8.76. The van der Waals surface area contributed by atoms with Gasteiger partial charge in [0, 0.05) is 32.4 Å². The Morgan fingerprint density at radius 2 is 1.63 bits per heavy atom. The number of nitrogens with two attached hydrogens (primary N) is 5. The van der Waals surface area contributed by atoms with E-state index >= 15 is 0 Å². The quantitative estimate of drug-likeness (QED) is 0.0728. The summed E-state index contributed by atoms with van der Waals surface area (Å²) in [5.74, 6) is -3.12. The number of aliphatic hydroxyl groups excluding tert-OH is 1. The first kappa shape index (κ1) is 41.8. The lowest BCUT2D eigenvalue weighted by atomic mass is 9.96. The Morgan fingerprint density at radius 1 is 0.904 bits per heavy atom. The minimum Gasteiger partial charge on any atom is -0.508 e. The molecule has 0 aliphatic carbocycles. The molecule has 1 aliphatic rings. The van der Waals surface area contributed by atoms with Crippen molar-refractivity contribution >= 4 is 29.5 Å². The van der Waals surface area contributed by atoms with Gasteiger partial charge in [0.1, 0.15) is 24.1 Å². The number of hydrogen-bond donors (Lipinski definition) is 12. The van der Waals surface area contributed by atoms with Crippen LogP contribution in [0.4, 0.5) is 0 Å². The molecular weight excluding hydrogens is 672 g/mol. The first-order valence-corrected chi connectivity index (χ1v) is 17.5. The van der Waals surface area contributed by atoms with E-state index in [1.54, 1.807) is 24.3 Å². The van der Waals surface area contributed by atoms with Gasteiger partial charge in [-0.05, 0) is 79.6 Å². The first-order chi connectivity index (χ1) is 24.9. The van der Waals surface area contributed by atoms with Gasteiger partial charge in [0.2, 0.25) is 29.5 Å². The molecular formula is C35H54N10O7. The summed E-state index contributed by atoms with van der Waals surface area (Å²) in [6.45, 7) is 0.799. The summed E-state index contributed by atoms with van der Waals surface area (Å²) in [7, 11) is 0. The molecule has 0 saturated carbocycles. The number of primary amides is 1. The molecule has 0 radical (unpaired) electrons. The maximum atomic E-state index is 14.1. The highest BCUT2D eigenvalue weighted by atomic mass is 16.3. The summed E-state index contributed by atoms with van der Waals surface area (Å²) in [5.41, 5.74) is 31.2.